The Morgan fingerprint density at radius 3 is 2.35 bits per heavy atom. The molecule has 2 fully saturated rings. The van der Waals surface area contributed by atoms with Crippen LogP contribution in [0.4, 0.5) is 0 Å². The van der Waals surface area contributed by atoms with Gasteiger partial charge in [-0.05, 0) is 44.9 Å². The van der Waals surface area contributed by atoms with Crippen LogP contribution in [-0.4, -0.2) is 11.6 Å². The number of hydrogen-bond acceptors (Lipinski definition) is 2. The maximum Gasteiger partial charge on any atom is 0.333 e. The molecule has 0 aromatic heterocycles. The van der Waals surface area contributed by atoms with Crippen molar-refractivity contribution in [2.24, 2.45) is 5.92 Å². The second-order valence-electron chi connectivity index (χ2n) is 6.98. The summed E-state index contributed by atoms with van der Waals surface area (Å²) in [6.07, 6.45) is 15.1. The molecule has 2 heteroatoms. The number of ether oxygens (including phenoxy) is 1. The van der Waals surface area contributed by atoms with Crippen LogP contribution in [0.15, 0.2) is 12.2 Å². The Hall–Kier alpha value is -0.790. The van der Waals surface area contributed by atoms with Gasteiger partial charge in [-0.1, -0.05) is 51.5 Å². The molecule has 2 nitrogen and oxygen atoms in total. The lowest BCUT2D eigenvalue weighted by Crippen LogP contribution is -2.33. The Balaban J connectivity index is 1.99. The van der Waals surface area contributed by atoms with Gasteiger partial charge in [-0.3, -0.25) is 0 Å². The van der Waals surface area contributed by atoms with Crippen LogP contribution in [0.3, 0.4) is 0 Å². The van der Waals surface area contributed by atoms with Crippen LogP contribution >= 0.6 is 0 Å². The van der Waals surface area contributed by atoms with E-state index in [1.165, 1.54) is 57.8 Å². The normalized spacial score (nSPS) is 31.9. The Morgan fingerprint density at radius 2 is 1.65 bits per heavy atom. The number of carbonyl (C=O) groups excluding carboxylic acids is 1. The highest BCUT2D eigenvalue weighted by Gasteiger charge is 2.41. The summed E-state index contributed by atoms with van der Waals surface area (Å²) in [5.74, 6) is 0.588. The third kappa shape index (κ3) is 4.36. The first-order chi connectivity index (χ1) is 9.61. The molecule has 0 amide bonds. The highest BCUT2D eigenvalue weighted by atomic mass is 16.6. The molecule has 2 aliphatic carbocycles. The molecule has 20 heavy (non-hydrogen) atoms. The summed E-state index contributed by atoms with van der Waals surface area (Å²) in [7, 11) is 0. The molecule has 0 aromatic carbocycles. The maximum atomic E-state index is 11.9. The van der Waals surface area contributed by atoms with E-state index >= 15 is 0 Å². The summed E-state index contributed by atoms with van der Waals surface area (Å²) < 4.78 is 5.90. The molecule has 0 aromatic rings. The van der Waals surface area contributed by atoms with E-state index < -0.39 is 0 Å². The van der Waals surface area contributed by atoms with Gasteiger partial charge in [-0.25, -0.2) is 4.79 Å². The fourth-order valence-electron chi connectivity index (χ4n) is 3.86. The minimum absolute atomic E-state index is 0.167. The van der Waals surface area contributed by atoms with Gasteiger partial charge in [-0.15, -0.1) is 0 Å². The third-order valence-electron chi connectivity index (χ3n) is 5.07. The molecule has 2 bridgehead atoms. The summed E-state index contributed by atoms with van der Waals surface area (Å²) in [6.45, 7) is 5.48. The van der Waals surface area contributed by atoms with Gasteiger partial charge >= 0.3 is 5.97 Å². The first kappa shape index (κ1) is 15.6. The van der Waals surface area contributed by atoms with Gasteiger partial charge in [-0.2, -0.15) is 0 Å². The quantitative estimate of drug-likeness (QED) is 0.514. The van der Waals surface area contributed by atoms with Crippen molar-refractivity contribution < 1.29 is 9.53 Å². The largest absolute Gasteiger partial charge is 0.456 e. The minimum Gasteiger partial charge on any atom is -0.456 e. The lowest BCUT2D eigenvalue weighted by Gasteiger charge is -2.30. The monoisotopic (exact) mass is 278 g/mol. The number of rotatable bonds is 2. The maximum absolute atomic E-state index is 11.9. The molecule has 0 saturated heterocycles. The van der Waals surface area contributed by atoms with Gasteiger partial charge < -0.3 is 4.74 Å². The van der Waals surface area contributed by atoms with Crippen LogP contribution in [-0.2, 0) is 9.53 Å². The standard InChI is InChI=1S/C18H30O2/c1-15(2)17(19)20-18-12-9-7-5-3-4-6-8-10-16(14-18)11-13-18/h16H,1,3-14H2,2H3. The van der Waals surface area contributed by atoms with Crippen molar-refractivity contribution in [3.63, 3.8) is 0 Å². The number of fused-ring (bicyclic) bond motifs is 2. The van der Waals surface area contributed by atoms with Crippen molar-refractivity contribution in [1.29, 1.82) is 0 Å². The molecular formula is C18H30O2. The molecule has 2 atom stereocenters. The van der Waals surface area contributed by atoms with Crippen LogP contribution < -0.4 is 0 Å². The average Bonchev–Trinajstić information content (AvgIpc) is 2.79. The zero-order valence-corrected chi connectivity index (χ0v) is 13.1. The molecule has 114 valence electrons. The predicted octanol–water partition coefficient (Wildman–Crippen LogP) is 5.17. The second kappa shape index (κ2) is 7.28. The van der Waals surface area contributed by atoms with E-state index in [1.54, 1.807) is 6.92 Å². The van der Waals surface area contributed by atoms with E-state index in [2.05, 4.69) is 6.58 Å². The summed E-state index contributed by atoms with van der Waals surface area (Å²) in [5, 5.41) is 0. The third-order valence-corrected chi connectivity index (χ3v) is 5.07. The van der Waals surface area contributed by atoms with Crippen molar-refractivity contribution in [3.8, 4) is 0 Å². The van der Waals surface area contributed by atoms with Crippen molar-refractivity contribution in [2.75, 3.05) is 0 Å². The molecule has 2 saturated carbocycles. The number of hydrogen-bond donors (Lipinski definition) is 0. The molecule has 0 radical (unpaired) electrons. The molecule has 2 aliphatic rings. The van der Waals surface area contributed by atoms with Gasteiger partial charge in [0.1, 0.15) is 5.60 Å². The van der Waals surface area contributed by atoms with Crippen LogP contribution in [0.2, 0.25) is 0 Å². The van der Waals surface area contributed by atoms with Crippen LogP contribution in [0.1, 0.15) is 84.0 Å². The average molecular weight is 278 g/mol. The number of esters is 1. The van der Waals surface area contributed by atoms with Gasteiger partial charge in [0.2, 0.25) is 0 Å². The predicted molar refractivity (Wildman–Crippen MR) is 82.5 cm³/mol. The molecule has 0 heterocycles. The van der Waals surface area contributed by atoms with Gasteiger partial charge in [0.15, 0.2) is 0 Å². The zero-order chi connectivity index (χ0) is 14.4. The summed E-state index contributed by atoms with van der Waals surface area (Å²) in [4.78, 5) is 11.9. The van der Waals surface area contributed by atoms with E-state index in [0.717, 1.165) is 25.2 Å². The molecular weight excluding hydrogens is 248 g/mol. The SMILES string of the molecule is C=C(C)C(=O)OC12CCCCCCCCCC(CC1)C2. The highest BCUT2D eigenvalue weighted by Crippen LogP contribution is 2.43. The van der Waals surface area contributed by atoms with E-state index in [4.69, 9.17) is 4.74 Å². The van der Waals surface area contributed by atoms with Gasteiger partial charge in [0.05, 0.1) is 0 Å². The Bertz CT molecular complexity index is 347. The fraction of sp³-hybridized carbons (Fsp3) is 0.833. The van der Waals surface area contributed by atoms with Crippen molar-refractivity contribution in [2.45, 2.75) is 89.6 Å². The van der Waals surface area contributed by atoms with E-state index in [1.807, 2.05) is 0 Å². The first-order valence-corrected chi connectivity index (χ1v) is 8.50. The van der Waals surface area contributed by atoms with Crippen LogP contribution in [0.25, 0.3) is 0 Å². The minimum atomic E-state index is -0.183. The van der Waals surface area contributed by atoms with E-state index in [0.29, 0.717) is 5.57 Å². The smallest absolute Gasteiger partial charge is 0.333 e. The summed E-state index contributed by atoms with van der Waals surface area (Å²) in [5.41, 5.74) is 0.369. The molecule has 0 N–H and O–H groups in total. The molecule has 0 aliphatic heterocycles. The Labute approximate surface area is 124 Å². The van der Waals surface area contributed by atoms with Gasteiger partial charge in [0.25, 0.3) is 0 Å². The summed E-state index contributed by atoms with van der Waals surface area (Å²) in [6, 6.07) is 0. The van der Waals surface area contributed by atoms with Crippen molar-refractivity contribution in [3.05, 3.63) is 12.2 Å². The Kier molecular flexibility index (Phi) is 5.68. The van der Waals surface area contributed by atoms with Crippen molar-refractivity contribution in [1.82, 2.24) is 0 Å². The lowest BCUT2D eigenvalue weighted by molar-refractivity contribution is -0.155. The molecule has 2 rings (SSSR count). The summed E-state index contributed by atoms with van der Waals surface area (Å²) >= 11 is 0. The second-order valence-corrected chi connectivity index (χ2v) is 6.98. The van der Waals surface area contributed by atoms with Crippen molar-refractivity contribution >= 4 is 5.97 Å². The van der Waals surface area contributed by atoms with E-state index in [-0.39, 0.29) is 11.6 Å². The lowest BCUT2D eigenvalue weighted by atomic mass is 9.90. The first-order valence-electron chi connectivity index (χ1n) is 8.50. The topological polar surface area (TPSA) is 26.3 Å². The van der Waals surface area contributed by atoms with E-state index in [9.17, 15) is 4.79 Å². The Morgan fingerprint density at radius 1 is 1.00 bits per heavy atom. The fourth-order valence-corrected chi connectivity index (χ4v) is 3.86. The highest BCUT2D eigenvalue weighted by molar-refractivity contribution is 5.87. The number of carbonyl (C=O) groups is 1. The van der Waals surface area contributed by atoms with Crippen LogP contribution in [0.5, 0.6) is 0 Å². The van der Waals surface area contributed by atoms with Gasteiger partial charge in [0, 0.05) is 5.57 Å². The van der Waals surface area contributed by atoms with Crippen LogP contribution in [0, 0.1) is 5.92 Å². The zero-order valence-electron chi connectivity index (χ0n) is 13.1. The molecule has 2 unspecified atom stereocenters. The molecule has 0 spiro atoms.